The van der Waals surface area contributed by atoms with Crippen LogP contribution in [-0.4, -0.2) is 59.4 Å². The van der Waals surface area contributed by atoms with E-state index >= 15 is 0 Å². The minimum Gasteiger partial charge on any atom is -0.481 e. The fourth-order valence-electron chi connectivity index (χ4n) is 5.94. The number of hydrogen-bond acceptors (Lipinski definition) is 4. The van der Waals surface area contributed by atoms with Crippen LogP contribution in [0.5, 0.6) is 0 Å². The standard InChI is InChI=1S/C31H59N5O4/c1-4-5-6-7-8-9-10-11-12-13-14-15-16-17-18-19-20-21-36(3)29(38)28(34-24(2)37)26-22-25(30(39)40)23-27(26)35-31(32)33/h25-28H,4-23H2,1-3H3,(H,34,37)(H,39,40)(H4,32,33,35)/t25?,26-,27-,28?/m0/s1. The molecule has 1 saturated carbocycles. The average molecular weight is 566 g/mol. The number of nitrogens with zero attached hydrogens (tertiary/aromatic N) is 2. The third kappa shape index (κ3) is 15.5. The number of aliphatic carboxylic acids is 1. The predicted octanol–water partition coefficient (Wildman–Crippen LogP) is 5.35. The molecule has 9 nitrogen and oxygen atoms in total. The first-order valence-electron chi connectivity index (χ1n) is 16.0. The zero-order valence-electron chi connectivity index (χ0n) is 25.7. The summed E-state index contributed by atoms with van der Waals surface area (Å²) in [4.78, 5) is 42.7. The highest BCUT2D eigenvalue weighted by Gasteiger charge is 2.45. The van der Waals surface area contributed by atoms with E-state index in [0.717, 1.165) is 19.3 Å². The lowest BCUT2D eigenvalue weighted by Gasteiger charge is -2.30. The molecule has 0 saturated heterocycles. The number of carboxylic acid groups (broad SMARTS) is 1. The van der Waals surface area contributed by atoms with Gasteiger partial charge in [0.2, 0.25) is 11.8 Å². The highest BCUT2D eigenvalue weighted by molar-refractivity contribution is 5.87. The minimum absolute atomic E-state index is 0.146. The van der Waals surface area contributed by atoms with Gasteiger partial charge in [0.1, 0.15) is 6.04 Å². The first kappa shape index (κ1) is 35.7. The van der Waals surface area contributed by atoms with Crippen molar-refractivity contribution in [2.75, 3.05) is 13.6 Å². The number of carbonyl (C=O) groups excluding carboxylic acids is 2. The SMILES string of the molecule is CCCCCCCCCCCCCCCCCCCN(C)C(=O)C(NC(C)=O)[C@H]1CC(C(=O)O)C[C@@H]1N=C(N)N. The summed E-state index contributed by atoms with van der Waals surface area (Å²) >= 11 is 0. The third-order valence-corrected chi connectivity index (χ3v) is 8.27. The van der Waals surface area contributed by atoms with Crippen molar-refractivity contribution in [2.45, 2.75) is 148 Å². The number of unbranched alkanes of at least 4 members (excludes halogenated alkanes) is 16. The van der Waals surface area contributed by atoms with Crippen LogP contribution in [0.2, 0.25) is 0 Å². The molecule has 232 valence electrons. The molecule has 9 heteroatoms. The Bertz CT molecular complexity index is 756. The van der Waals surface area contributed by atoms with Crippen molar-refractivity contribution in [2.24, 2.45) is 28.3 Å². The predicted molar refractivity (Wildman–Crippen MR) is 163 cm³/mol. The maximum atomic E-state index is 13.3. The van der Waals surface area contributed by atoms with Crippen LogP contribution >= 0.6 is 0 Å². The summed E-state index contributed by atoms with van der Waals surface area (Å²) < 4.78 is 0. The van der Waals surface area contributed by atoms with Crippen LogP contribution in [0.25, 0.3) is 0 Å². The van der Waals surface area contributed by atoms with Crippen LogP contribution in [0, 0.1) is 11.8 Å². The molecule has 0 spiro atoms. The molecule has 2 unspecified atom stereocenters. The number of nitrogens with two attached hydrogens (primary N) is 2. The molecule has 1 rings (SSSR count). The quantitative estimate of drug-likeness (QED) is 0.0744. The summed E-state index contributed by atoms with van der Waals surface area (Å²) in [5.74, 6) is -2.78. The van der Waals surface area contributed by atoms with Gasteiger partial charge in [-0.25, -0.2) is 4.99 Å². The second-order valence-electron chi connectivity index (χ2n) is 11.9. The number of aliphatic imine (C=N–C) groups is 1. The molecule has 0 aliphatic heterocycles. The van der Waals surface area contributed by atoms with Gasteiger partial charge in [-0.05, 0) is 19.3 Å². The van der Waals surface area contributed by atoms with Crippen molar-refractivity contribution in [1.29, 1.82) is 0 Å². The van der Waals surface area contributed by atoms with Crippen LogP contribution in [-0.2, 0) is 14.4 Å². The normalized spacial score (nSPS) is 19.2. The summed E-state index contributed by atoms with van der Waals surface area (Å²) in [6.07, 6.45) is 22.6. The monoisotopic (exact) mass is 565 g/mol. The molecule has 1 aliphatic carbocycles. The van der Waals surface area contributed by atoms with E-state index in [0.29, 0.717) is 6.54 Å². The number of guanidine groups is 1. The first-order chi connectivity index (χ1) is 19.2. The van der Waals surface area contributed by atoms with Crippen LogP contribution in [0.1, 0.15) is 136 Å². The van der Waals surface area contributed by atoms with Crippen LogP contribution in [0.4, 0.5) is 0 Å². The van der Waals surface area contributed by atoms with Gasteiger partial charge in [0.05, 0.1) is 12.0 Å². The van der Waals surface area contributed by atoms with Gasteiger partial charge in [-0.15, -0.1) is 0 Å². The Balaban J connectivity index is 2.26. The second-order valence-corrected chi connectivity index (χ2v) is 11.9. The molecule has 1 aliphatic rings. The molecule has 0 bridgehead atoms. The third-order valence-electron chi connectivity index (χ3n) is 8.27. The Morgan fingerprint density at radius 2 is 1.27 bits per heavy atom. The van der Waals surface area contributed by atoms with Crippen molar-refractivity contribution in [3.8, 4) is 0 Å². The Kier molecular flexibility index (Phi) is 19.1. The van der Waals surface area contributed by atoms with E-state index in [1.54, 1.807) is 11.9 Å². The molecule has 4 atom stereocenters. The van der Waals surface area contributed by atoms with Crippen molar-refractivity contribution in [3.63, 3.8) is 0 Å². The minimum atomic E-state index is -0.941. The van der Waals surface area contributed by atoms with Crippen molar-refractivity contribution in [3.05, 3.63) is 0 Å². The van der Waals surface area contributed by atoms with Gasteiger partial charge < -0.3 is 26.8 Å². The Labute approximate surface area is 243 Å². The number of nitrogens with one attached hydrogen (secondary N) is 1. The van der Waals surface area contributed by atoms with E-state index in [2.05, 4.69) is 17.2 Å². The Morgan fingerprint density at radius 3 is 1.68 bits per heavy atom. The topological polar surface area (TPSA) is 151 Å². The second kappa shape index (κ2) is 21.4. The molecular weight excluding hydrogens is 506 g/mol. The van der Waals surface area contributed by atoms with E-state index in [9.17, 15) is 19.5 Å². The first-order valence-corrected chi connectivity index (χ1v) is 16.0. The van der Waals surface area contributed by atoms with Gasteiger partial charge >= 0.3 is 5.97 Å². The van der Waals surface area contributed by atoms with Gasteiger partial charge in [-0.3, -0.25) is 14.4 Å². The van der Waals surface area contributed by atoms with Crippen molar-refractivity contribution in [1.82, 2.24) is 10.2 Å². The summed E-state index contributed by atoms with van der Waals surface area (Å²) in [5.41, 5.74) is 11.1. The number of hydrogen-bond donors (Lipinski definition) is 4. The van der Waals surface area contributed by atoms with Crippen molar-refractivity contribution >= 4 is 23.7 Å². The number of likely N-dealkylation sites (N-methyl/N-ethyl adjacent to an activating group) is 1. The van der Waals surface area contributed by atoms with Gasteiger partial charge in [0.15, 0.2) is 5.96 Å². The number of amides is 2. The summed E-state index contributed by atoms with van der Waals surface area (Å²) in [6.45, 7) is 4.22. The lowest BCUT2D eigenvalue weighted by molar-refractivity contribution is -0.142. The molecule has 0 radical (unpaired) electrons. The van der Waals surface area contributed by atoms with E-state index in [4.69, 9.17) is 11.5 Å². The maximum absolute atomic E-state index is 13.3. The summed E-state index contributed by atoms with van der Waals surface area (Å²) in [5, 5.41) is 12.3. The summed E-state index contributed by atoms with van der Waals surface area (Å²) in [7, 11) is 1.74. The zero-order valence-corrected chi connectivity index (χ0v) is 25.7. The highest BCUT2D eigenvalue weighted by Crippen LogP contribution is 2.36. The Hall–Kier alpha value is -2.32. The molecule has 0 aromatic carbocycles. The number of carboxylic acids is 1. The molecule has 2 amide bonds. The molecule has 1 fully saturated rings. The van der Waals surface area contributed by atoms with E-state index in [1.807, 2.05) is 0 Å². The van der Waals surface area contributed by atoms with Gasteiger partial charge in [-0.1, -0.05) is 110 Å². The van der Waals surface area contributed by atoms with Gasteiger partial charge in [0.25, 0.3) is 0 Å². The van der Waals surface area contributed by atoms with Gasteiger partial charge in [-0.2, -0.15) is 0 Å². The molecule has 6 N–H and O–H groups in total. The zero-order chi connectivity index (χ0) is 29.8. The van der Waals surface area contributed by atoms with Crippen molar-refractivity contribution < 1.29 is 19.5 Å². The molecule has 0 aromatic heterocycles. The lowest BCUT2D eigenvalue weighted by atomic mass is 9.92. The lowest BCUT2D eigenvalue weighted by Crippen LogP contribution is -2.52. The summed E-state index contributed by atoms with van der Waals surface area (Å²) in [6, 6.07) is -1.38. The van der Waals surface area contributed by atoms with Gasteiger partial charge in [0, 0.05) is 26.4 Å². The smallest absolute Gasteiger partial charge is 0.306 e. The molecular formula is C31H59N5O4. The maximum Gasteiger partial charge on any atom is 0.306 e. The molecule has 40 heavy (non-hydrogen) atoms. The fourth-order valence-corrected chi connectivity index (χ4v) is 5.94. The molecule has 0 heterocycles. The number of carbonyl (C=O) groups is 3. The van der Waals surface area contributed by atoms with E-state index in [1.165, 1.54) is 96.8 Å². The number of rotatable bonds is 23. The van der Waals surface area contributed by atoms with E-state index in [-0.39, 0.29) is 30.6 Å². The fraction of sp³-hybridized carbons (Fsp3) is 0.871. The largest absolute Gasteiger partial charge is 0.481 e. The van der Waals surface area contributed by atoms with Crippen LogP contribution in [0.15, 0.2) is 4.99 Å². The average Bonchev–Trinajstić information content (AvgIpc) is 3.31. The van der Waals surface area contributed by atoms with Crippen LogP contribution in [0.3, 0.4) is 0 Å². The van der Waals surface area contributed by atoms with E-state index < -0.39 is 29.9 Å². The Morgan fingerprint density at radius 1 is 0.825 bits per heavy atom. The highest BCUT2D eigenvalue weighted by atomic mass is 16.4. The van der Waals surface area contributed by atoms with Crippen LogP contribution < -0.4 is 16.8 Å². The molecule has 0 aromatic rings.